The summed E-state index contributed by atoms with van der Waals surface area (Å²) >= 11 is 0. The van der Waals surface area contributed by atoms with E-state index in [-0.39, 0.29) is 28.7 Å². The van der Waals surface area contributed by atoms with Gasteiger partial charge in [0.15, 0.2) is 15.6 Å². The molecule has 7 nitrogen and oxygen atoms in total. The molecule has 1 heterocycles. The van der Waals surface area contributed by atoms with E-state index >= 15 is 0 Å². The van der Waals surface area contributed by atoms with Gasteiger partial charge in [0.05, 0.1) is 18.6 Å². The Morgan fingerprint density at radius 3 is 2.57 bits per heavy atom. The Morgan fingerprint density at radius 1 is 1.13 bits per heavy atom. The third-order valence-corrected chi connectivity index (χ3v) is 6.32. The molecule has 30 heavy (non-hydrogen) atoms. The Labute approximate surface area is 176 Å². The second-order valence-corrected chi connectivity index (χ2v) is 8.93. The van der Waals surface area contributed by atoms with Crippen molar-refractivity contribution in [1.82, 2.24) is 10.5 Å². The summed E-state index contributed by atoms with van der Waals surface area (Å²) in [6.45, 7) is 2.23. The van der Waals surface area contributed by atoms with Crippen LogP contribution in [0.4, 0.5) is 0 Å². The highest BCUT2D eigenvalue weighted by Crippen LogP contribution is 2.31. The van der Waals surface area contributed by atoms with Crippen LogP contribution in [0.2, 0.25) is 0 Å². The van der Waals surface area contributed by atoms with E-state index in [1.807, 2.05) is 30.3 Å². The molecular formula is C22H24N2O5S. The Bertz CT molecular complexity index is 1110. The molecule has 2 aromatic carbocycles. The zero-order valence-corrected chi connectivity index (χ0v) is 17.7. The number of nitrogens with zero attached hydrogens (tertiary/aromatic N) is 1. The standard InChI is InChI=1S/C22H24N2O5S/c1-16-14-20(29-24-16)18-8-9-19(28-2)21(15-18)30(26,27)13-11-22(25)23-12-10-17-6-4-3-5-7-17/h3-9,14-15H,10-13H2,1-2H3,(H,23,25). The predicted octanol–water partition coefficient (Wildman–Crippen LogP) is 3.18. The number of carbonyl (C=O) groups excluding carboxylic acids is 1. The average Bonchev–Trinajstić information content (AvgIpc) is 3.19. The first-order chi connectivity index (χ1) is 14.4. The van der Waals surface area contributed by atoms with Gasteiger partial charge in [-0.3, -0.25) is 4.79 Å². The van der Waals surface area contributed by atoms with Crippen molar-refractivity contribution in [2.75, 3.05) is 19.4 Å². The van der Waals surface area contributed by atoms with Crippen molar-refractivity contribution in [1.29, 1.82) is 0 Å². The van der Waals surface area contributed by atoms with Crippen LogP contribution in [0.25, 0.3) is 11.3 Å². The predicted molar refractivity (Wildman–Crippen MR) is 113 cm³/mol. The van der Waals surface area contributed by atoms with Crippen LogP contribution in [0, 0.1) is 6.92 Å². The van der Waals surface area contributed by atoms with Crippen LogP contribution in [0.5, 0.6) is 5.75 Å². The number of rotatable bonds is 9. The Hall–Kier alpha value is -3.13. The molecule has 0 saturated carbocycles. The van der Waals surface area contributed by atoms with Gasteiger partial charge in [0, 0.05) is 24.6 Å². The van der Waals surface area contributed by atoms with Gasteiger partial charge >= 0.3 is 0 Å². The number of ether oxygens (including phenoxy) is 1. The molecule has 3 rings (SSSR count). The summed E-state index contributed by atoms with van der Waals surface area (Å²) in [7, 11) is -2.34. The summed E-state index contributed by atoms with van der Waals surface area (Å²) in [6, 6.07) is 16.2. The summed E-state index contributed by atoms with van der Waals surface area (Å²) < 4.78 is 36.2. The summed E-state index contributed by atoms with van der Waals surface area (Å²) in [5.74, 6) is 0.0552. The summed E-state index contributed by atoms with van der Waals surface area (Å²) in [4.78, 5) is 12.1. The number of carbonyl (C=O) groups is 1. The molecule has 1 N–H and O–H groups in total. The van der Waals surface area contributed by atoms with E-state index in [4.69, 9.17) is 9.26 Å². The zero-order chi connectivity index (χ0) is 21.6. The van der Waals surface area contributed by atoms with Crippen molar-refractivity contribution in [3.05, 3.63) is 65.9 Å². The summed E-state index contributed by atoms with van der Waals surface area (Å²) in [5, 5.41) is 6.59. The SMILES string of the molecule is COc1ccc(-c2cc(C)no2)cc1S(=O)(=O)CCC(=O)NCCc1ccccc1. The van der Waals surface area contributed by atoms with Gasteiger partial charge in [-0.25, -0.2) is 8.42 Å². The Morgan fingerprint density at radius 2 is 1.90 bits per heavy atom. The monoisotopic (exact) mass is 428 g/mol. The maximum absolute atomic E-state index is 12.9. The molecule has 0 atom stereocenters. The number of aromatic nitrogens is 1. The molecule has 0 bridgehead atoms. The van der Waals surface area contributed by atoms with Crippen LogP contribution < -0.4 is 10.1 Å². The lowest BCUT2D eigenvalue weighted by Gasteiger charge is -2.11. The molecule has 0 saturated heterocycles. The fourth-order valence-electron chi connectivity index (χ4n) is 2.99. The van der Waals surface area contributed by atoms with E-state index in [9.17, 15) is 13.2 Å². The van der Waals surface area contributed by atoms with Crippen molar-refractivity contribution in [2.45, 2.75) is 24.7 Å². The molecule has 3 aromatic rings. The second kappa shape index (κ2) is 9.58. The van der Waals surface area contributed by atoms with Crippen LogP contribution >= 0.6 is 0 Å². The first-order valence-corrected chi connectivity index (χ1v) is 11.2. The van der Waals surface area contributed by atoms with Gasteiger partial charge in [-0.1, -0.05) is 35.5 Å². The van der Waals surface area contributed by atoms with Crippen LogP contribution in [-0.4, -0.2) is 38.9 Å². The normalized spacial score (nSPS) is 11.3. The van der Waals surface area contributed by atoms with Gasteiger partial charge in [-0.05, 0) is 37.1 Å². The third-order valence-electron chi connectivity index (χ3n) is 4.59. The minimum Gasteiger partial charge on any atom is -0.495 e. The number of aryl methyl sites for hydroxylation is 1. The number of benzene rings is 2. The topological polar surface area (TPSA) is 98.5 Å². The second-order valence-electron chi connectivity index (χ2n) is 6.85. The fraction of sp³-hybridized carbons (Fsp3) is 0.273. The lowest BCUT2D eigenvalue weighted by molar-refractivity contribution is -0.120. The molecular weight excluding hydrogens is 404 g/mol. The van der Waals surface area contributed by atoms with Crippen molar-refractivity contribution >= 4 is 15.7 Å². The lowest BCUT2D eigenvalue weighted by atomic mass is 10.1. The van der Waals surface area contributed by atoms with Gasteiger partial charge in [0.2, 0.25) is 5.91 Å². The van der Waals surface area contributed by atoms with E-state index in [2.05, 4.69) is 10.5 Å². The highest BCUT2D eigenvalue weighted by atomic mass is 32.2. The van der Waals surface area contributed by atoms with Gasteiger partial charge in [-0.15, -0.1) is 0 Å². The molecule has 0 aliphatic rings. The first kappa shape index (κ1) is 21.6. The van der Waals surface area contributed by atoms with Gasteiger partial charge in [-0.2, -0.15) is 0 Å². The number of methoxy groups -OCH3 is 1. The van der Waals surface area contributed by atoms with Crippen molar-refractivity contribution in [3.63, 3.8) is 0 Å². The molecule has 1 aromatic heterocycles. The fourth-order valence-corrected chi connectivity index (χ4v) is 4.43. The number of nitrogens with one attached hydrogen (secondary N) is 1. The molecule has 0 spiro atoms. The number of sulfone groups is 1. The van der Waals surface area contributed by atoms with Crippen LogP contribution in [0.1, 0.15) is 17.7 Å². The number of hydrogen-bond acceptors (Lipinski definition) is 6. The maximum Gasteiger partial charge on any atom is 0.221 e. The van der Waals surface area contributed by atoms with E-state index in [1.165, 1.54) is 13.2 Å². The quantitative estimate of drug-likeness (QED) is 0.562. The van der Waals surface area contributed by atoms with Gasteiger partial charge in [0.1, 0.15) is 10.6 Å². The molecule has 0 aliphatic carbocycles. The van der Waals surface area contributed by atoms with Crippen LogP contribution in [-0.2, 0) is 21.1 Å². The van der Waals surface area contributed by atoms with Crippen LogP contribution in [0.3, 0.4) is 0 Å². The highest BCUT2D eigenvalue weighted by molar-refractivity contribution is 7.91. The van der Waals surface area contributed by atoms with E-state index in [1.54, 1.807) is 25.1 Å². The molecule has 0 aliphatic heterocycles. The van der Waals surface area contributed by atoms with E-state index in [0.717, 1.165) is 5.56 Å². The molecule has 0 radical (unpaired) electrons. The third kappa shape index (κ3) is 5.48. The van der Waals surface area contributed by atoms with Crippen molar-refractivity contribution < 1.29 is 22.5 Å². The maximum atomic E-state index is 12.9. The van der Waals surface area contributed by atoms with Crippen LogP contribution in [0.15, 0.2) is 64.0 Å². The summed E-state index contributed by atoms with van der Waals surface area (Å²) in [5.41, 5.74) is 2.37. The van der Waals surface area contributed by atoms with E-state index < -0.39 is 9.84 Å². The average molecular weight is 429 g/mol. The molecule has 158 valence electrons. The number of amides is 1. The van der Waals surface area contributed by atoms with Crippen molar-refractivity contribution in [3.8, 4) is 17.1 Å². The Balaban J connectivity index is 1.65. The van der Waals surface area contributed by atoms with Crippen molar-refractivity contribution in [2.24, 2.45) is 0 Å². The summed E-state index contributed by atoms with van der Waals surface area (Å²) in [6.07, 6.45) is 0.553. The molecule has 8 heteroatoms. The molecule has 0 fully saturated rings. The minimum atomic E-state index is -3.75. The highest BCUT2D eigenvalue weighted by Gasteiger charge is 2.22. The Kier molecular flexibility index (Phi) is 6.89. The van der Waals surface area contributed by atoms with Gasteiger partial charge < -0.3 is 14.6 Å². The molecule has 1 amide bonds. The minimum absolute atomic E-state index is 0.0219. The van der Waals surface area contributed by atoms with Gasteiger partial charge in [0.25, 0.3) is 0 Å². The van der Waals surface area contributed by atoms with E-state index in [0.29, 0.717) is 30.0 Å². The first-order valence-electron chi connectivity index (χ1n) is 9.54. The largest absolute Gasteiger partial charge is 0.495 e. The zero-order valence-electron chi connectivity index (χ0n) is 16.9. The number of hydrogen-bond donors (Lipinski definition) is 1. The smallest absolute Gasteiger partial charge is 0.221 e. The molecule has 0 unspecified atom stereocenters. The lowest BCUT2D eigenvalue weighted by Crippen LogP contribution is -2.27.